The molecule has 0 saturated carbocycles. The Morgan fingerprint density at radius 2 is 1.56 bits per heavy atom. The van der Waals surface area contributed by atoms with Gasteiger partial charge in [-0.05, 0) is 47.3 Å². The molecule has 0 aliphatic rings. The van der Waals surface area contributed by atoms with Gasteiger partial charge in [-0.25, -0.2) is 0 Å². The molecule has 3 aromatic rings. The van der Waals surface area contributed by atoms with Crippen molar-refractivity contribution < 1.29 is 18.0 Å². The van der Waals surface area contributed by atoms with Crippen LogP contribution in [0.1, 0.15) is 15.9 Å². The minimum absolute atomic E-state index is 0.0702. The number of halogens is 6. The van der Waals surface area contributed by atoms with Crippen LogP contribution < -0.4 is 16.0 Å². The van der Waals surface area contributed by atoms with Crippen LogP contribution in [-0.4, -0.2) is 21.0 Å². The molecule has 1 unspecified atom stereocenters. The lowest BCUT2D eigenvalue weighted by atomic mass is 10.0. The highest BCUT2D eigenvalue weighted by atomic mass is 35.6. The molecular formula is C21H15Cl3F3N3OS. The Bertz CT molecular complexity index is 1150. The summed E-state index contributed by atoms with van der Waals surface area (Å²) in [6.07, 6.45) is -5.80. The number of rotatable bonds is 4. The number of anilines is 1. The molecule has 3 N–H and O–H groups in total. The third-order valence-electron chi connectivity index (χ3n) is 4.36. The highest BCUT2D eigenvalue weighted by Gasteiger charge is 2.35. The van der Waals surface area contributed by atoms with Gasteiger partial charge in [-0.1, -0.05) is 77.3 Å². The first-order valence-electron chi connectivity index (χ1n) is 9.05. The molecule has 0 bridgehead atoms. The van der Waals surface area contributed by atoms with Crippen molar-refractivity contribution >= 4 is 74.5 Å². The predicted octanol–water partition coefficient (Wildman–Crippen LogP) is 6.27. The molecule has 3 rings (SSSR count). The Kier molecular flexibility index (Phi) is 7.39. The summed E-state index contributed by atoms with van der Waals surface area (Å²) in [5.41, 5.74) is -0.436. The number of amides is 1. The third kappa shape index (κ3) is 6.16. The number of thiocarbonyl (C=S) groups is 1. The van der Waals surface area contributed by atoms with Crippen molar-refractivity contribution in [2.75, 3.05) is 5.32 Å². The molecule has 0 radical (unpaired) electrons. The maximum atomic E-state index is 12.9. The summed E-state index contributed by atoms with van der Waals surface area (Å²) in [4.78, 5) is 12.9. The molecule has 0 fully saturated rings. The summed E-state index contributed by atoms with van der Waals surface area (Å²) in [7, 11) is 0. The van der Waals surface area contributed by atoms with Crippen molar-refractivity contribution in [3.8, 4) is 0 Å². The second kappa shape index (κ2) is 9.70. The van der Waals surface area contributed by atoms with Gasteiger partial charge >= 0.3 is 6.18 Å². The molecule has 4 nitrogen and oxygen atoms in total. The quantitative estimate of drug-likeness (QED) is 0.216. The van der Waals surface area contributed by atoms with E-state index in [0.29, 0.717) is 10.9 Å². The van der Waals surface area contributed by atoms with Crippen LogP contribution in [-0.2, 0) is 6.18 Å². The minimum atomic E-state index is -4.51. The molecule has 32 heavy (non-hydrogen) atoms. The van der Waals surface area contributed by atoms with Crippen LogP contribution >= 0.6 is 47.0 Å². The SMILES string of the molecule is O=C(NC(NC(=S)Nc1cccc(C(F)(F)F)c1)C(Cl)(Cl)Cl)c1cccc2ccccc12. The van der Waals surface area contributed by atoms with E-state index in [-0.39, 0.29) is 10.8 Å². The zero-order valence-corrected chi connectivity index (χ0v) is 19.1. The maximum Gasteiger partial charge on any atom is 0.416 e. The Balaban J connectivity index is 1.76. The van der Waals surface area contributed by atoms with Crippen molar-refractivity contribution in [3.63, 3.8) is 0 Å². The van der Waals surface area contributed by atoms with E-state index >= 15 is 0 Å². The molecule has 11 heteroatoms. The van der Waals surface area contributed by atoms with Crippen LogP contribution in [0.5, 0.6) is 0 Å². The molecule has 3 aromatic carbocycles. The number of alkyl halides is 6. The summed E-state index contributed by atoms with van der Waals surface area (Å²) in [6.45, 7) is 0. The number of carbonyl (C=O) groups excluding carboxylic acids is 1. The second-order valence-corrected chi connectivity index (χ2v) is 9.43. The van der Waals surface area contributed by atoms with E-state index in [2.05, 4.69) is 16.0 Å². The van der Waals surface area contributed by atoms with E-state index in [1.165, 1.54) is 12.1 Å². The Morgan fingerprint density at radius 1 is 0.906 bits per heavy atom. The van der Waals surface area contributed by atoms with Crippen molar-refractivity contribution in [2.45, 2.75) is 16.1 Å². The van der Waals surface area contributed by atoms with E-state index in [1.54, 1.807) is 24.3 Å². The number of benzene rings is 3. The van der Waals surface area contributed by atoms with Crippen molar-refractivity contribution in [3.05, 3.63) is 77.9 Å². The fraction of sp³-hybridized carbons (Fsp3) is 0.143. The number of fused-ring (bicyclic) bond motifs is 1. The number of carbonyl (C=O) groups is 1. The average Bonchev–Trinajstić information content (AvgIpc) is 2.71. The van der Waals surface area contributed by atoms with Gasteiger partial charge in [0.2, 0.25) is 3.79 Å². The fourth-order valence-corrected chi connectivity index (χ4v) is 3.47. The summed E-state index contributed by atoms with van der Waals surface area (Å²) in [6, 6.07) is 16.9. The zero-order chi connectivity index (χ0) is 23.5. The lowest BCUT2D eigenvalue weighted by Crippen LogP contribution is -2.56. The molecule has 0 aromatic heterocycles. The molecule has 0 heterocycles. The highest BCUT2D eigenvalue weighted by Crippen LogP contribution is 2.31. The van der Waals surface area contributed by atoms with E-state index in [1.807, 2.05) is 18.2 Å². The van der Waals surface area contributed by atoms with Crippen molar-refractivity contribution in [2.24, 2.45) is 0 Å². The first-order valence-corrected chi connectivity index (χ1v) is 10.6. The molecule has 168 valence electrons. The Labute approximate surface area is 202 Å². The normalized spacial score (nSPS) is 12.8. The lowest BCUT2D eigenvalue weighted by Gasteiger charge is -2.28. The van der Waals surface area contributed by atoms with E-state index in [9.17, 15) is 18.0 Å². The Morgan fingerprint density at radius 3 is 2.25 bits per heavy atom. The fourth-order valence-electron chi connectivity index (χ4n) is 2.90. The molecular weight excluding hydrogens is 506 g/mol. The van der Waals surface area contributed by atoms with Crippen LogP contribution in [0.25, 0.3) is 10.8 Å². The van der Waals surface area contributed by atoms with Crippen LogP contribution in [0.3, 0.4) is 0 Å². The molecule has 0 spiro atoms. The first-order chi connectivity index (χ1) is 14.9. The molecule has 0 aliphatic carbocycles. The average molecular weight is 521 g/mol. The van der Waals surface area contributed by atoms with Gasteiger partial charge in [0.15, 0.2) is 5.11 Å². The minimum Gasteiger partial charge on any atom is -0.339 e. The van der Waals surface area contributed by atoms with E-state index < -0.39 is 27.6 Å². The van der Waals surface area contributed by atoms with Gasteiger partial charge < -0.3 is 16.0 Å². The van der Waals surface area contributed by atoms with Gasteiger partial charge in [-0.3, -0.25) is 4.79 Å². The monoisotopic (exact) mass is 519 g/mol. The predicted molar refractivity (Wildman–Crippen MR) is 126 cm³/mol. The zero-order valence-electron chi connectivity index (χ0n) is 16.0. The summed E-state index contributed by atoms with van der Waals surface area (Å²) in [5.74, 6) is -0.535. The van der Waals surface area contributed by atoms with Crippen LogP contribution in [0, 0.1) is 0 Å². The van der Waals surface area contributed by atoms with E-state index in [0.717, 1.165) is 17.5 Å². The second-order valence-electron chi connectivity index (χ2n) is 6.65. The van der Waals surface area contributed by atoms with E-state index in [4.69, 9.17) is 47.0 Å². The number of nitrogens with one attached hydrogen (secondary N) is 3. The molecule has 0 saturated heterocycles. The maximum absolute atomic E-state index is 12.9. The molecule has 0 aliphatic heterocycles. The summed E-state index contributed by atoms with van der Waals surface area (Å²) < 4.78 is 36.7. The van der Waals surface area contributed by atoms with Crippen molar-refractivity contribution in [1.82, 2.24) is 10.6 Å². The summed E-state index contributed by atoms with van der Waals surface area (Å²) in [5, 5.41) is 9.17. The van der Waals surface area contributed by atoms with Crippen molar-refractivity contribution in [1.29, 1.82) is 0 Å². The molecule has 1 atom stereocenters. The van der Waals surface area contributed by atoms with Gasteiger partial charge in [-0.2, -0.15) is 13.2 Å². The van der Waals surface area contributed by atoms with Crippen LogP contribution in [0.15, 0.2) is 66.7 Å². The van der Waals surface area contributed by atoms with Gasteiger partial charge in [0, 0.05) is 11.3 Å². The van der Waals surface area contributed by atoms with Gasteiger partial charge in [0.25, 0.3) is 5.91 Å². The van der Waals surface area contributed by atoms with Crippen LogP contribution in [0.4, 0.5) is 18.9 Å². The number of hydrogen-bond donors (Lipinski definition) is 3. The largest absolute Gasteiger partial charge is 0.416 e. The van der Waals surface area contributed by atoms with Gasteiger partial charge in [0.05, 0.1) is 5.56 Å². The van der Waals surface area contributed by atoms with Gasteiger partial charge in [0.1, 0.15) is 6.17 Å². The standard InChI is InChI=1S/C21H15Cl3F3N3OS/c22-20(23,24)18(29-17(31)16-10-3-6-12-5-1-2-9-15(12)16)30-19(32)28-14-8-4-7-13(11-14)21(25,26)27/h1-11,18H,(H,29,31)(H2,28,30,32). The molecule has 1 amide bonds. The third-order valence-corrected chi connectivity index (χ3v) is 5.23. The van der Waals surface area contributed by atoms with Gasteiger partial charge in [-0.15, -0.1) is 0 Å². The lowest BCUT2D eigenvalue weighted by molar-refractivity contribution is -0.137. The Hall–Kier alpha value is -2.26. The van der Waals surface area contributed by atoms with Crippen LogP contribution in [0.2, 0.25) is 0 Å². The highest BCUT2D eigenvalue weighted by molar-refractivity contribution is 7.80. The topological polar surface area (TPSA) is 53.2 Å². The first kappa shape index (κ1) is 24.4. The smallest absolute Gasteiger partial charge is 0.339 e. The number of hydrogen-bond acceptors (Lipinski definition) is 2. The summed E-state index contributed by atoms with van der Waals surface area (Å²) >= 11 is 23.1.